The molecule has 1 heterocycles. The molecule has 1 aromatic heterocycles. The summed E-state index contributed by atoms with van der Waals surface area (Å²) in [7, 11) is 0. The van der Waals surface area contributed by atoms with Crippen molar-refractivity contribution in [2.75, 3.05) is 0 Å². The van der Waals surface area contributed by atoms with Gasteiger partial charge in [0, 0.05) is 12.2 Å². The lowest BCUT2D eigenvalue weighted by atomic mass is 10.0. The van der Waals surface area contributed by atoms with Gasteiger partial charge in [-0.05, 0) is 44.9 Å². The van der Waals surface area contributed by atoms with Crippen LogP contribution in [0.3, 0.4) is 0 Å². The highest BCUT2D eigenvalue weighted by Crippen LogP contribution is 2.13. The van der Waals surface area contributed by atoms with E-state index < -0.39 is 0 Å². The van der Waals surface area contributed by atoms with Crippen molar-refractivity contribution in [1.82, 2.24) is 9.78 Å². The van der Waals surface area contributed by atoms with Gasteiger partial charge in [0.1, 0.15) is 0 Å². The number of aromatic nitrogens is 2. The molecule has 0 amide bonds. The highest BCUT2D eigenvalue weighted by Gasteiger charge is 2.07. The van der Waals surface area contributed by atoms with Crippen molar-refractivity contribution >= 4 is 11.9 Å². The van der Waals surface area contributed by atoms with Crippen LogP contribution in [0.2, 0.25) is 0 Å². The minimum atomic E-state index is -0.0168. The summed E-state index contributed by atoms with van der Waals surface area (Å²) in [5.74, 6) is -0.0168. The number of carbonyl (C=O) groups is 1. The minimum absolute atomic E-state index is 0.0168. The largest absolute Gasteiger partial charge is 0.289 e. The maximum absolute atomic E-state index is 12.1. The first-order chi connectivity index (χ1) is 9.47. The smallest absolute Gasteiger partial charge is 0.189 e. The molecule has 0 spiro atoms. The Labute approximate surface area is 119 Å². The summed E-state index contributed by atoms with van der Waals surface area (Å²) in [4.78, 5) is 12.1. The fourth-order valence-electron chi connectivity index (χ4n) is 2.02. The van der Waals surface area contributed by atoms with Crippen LogP contribution in [0.5, 0.6) is 0 Å². The van der Waals surface area contributed by atoms with Gasteiger partial charge in [-0.25, -0.2) is 0 Å². The van der Waals surface area contributed by atoms with E-state index in [1.807, 2.05) is 39.0 Å². The number of ketones is 1. The summed E-state index contributed by atoms with van der Waals surface area (Å²) in [5, 5.41) is 4.18. The van der Waals surface area contributed by atoms with Gasteiger partial charge in [-0.3, -0.25) is 9.48 Å². The molecule has 0 fully saturated rings. The fraction of sp³-hybridized carbons (Fsp3) is 0.294. The average Bonchev–Trinajstić information content (AvgIpc) is 2.87. The Morgan fingerprint density at radius 3 is 2.65 bits per heavy atom. The third-order valence-electron chi connectivity index (χ3n) is 3.25. The molecule has 0 aliphatic carbocycles. The molecule has 0 bridgehead atoms. The number of hydrogen-bond donors (Lipinski definition) is 0. The Balaban J connectivity index is 2.15. The molecule has 0 aliphatic rings. The average molecular weight is 268 g/mol. The van der Waals surface area contributed by atoms with Crippen LogP contribution in [-0.2, 0) is 0 Å². The molecule has 0 radical (unpaired) electrons. The van der Waals surface area contributed by atoms with Gasteiger partial charge in [-0.1, -0.05) is 29.8 Å². The van der Waals surface area contributed by atoms with Gasteiger partial charge in [0.15, 0.2) is 5.78 Å². The zero-order chi connectivity index (χ0) is 14.7. The molecule has 0 aliphatic heterocycles. The maximum atomic E-state index is 12.1. The molecule has 1 aromatic carbocycles. The SMILES string of the molecule is Cc1ccc(/C=C/C(=O)c2cnn(C(C)C)c2)c(C)c1. The Hall–Kier alpha value is -2.16. The highest BCUT2D eigenvalue weighted by molar-refractivity contribution is 6.06. The predicted molar refractivity (Wildman–Crippen MR) is 81.9 cm³/mol. The number of hydrogen-bond acceptors (Lipinski definition) is 2. The zero-order valence-corrected chi connectivity index (χ0v) is 12.4. The van der Waals surface area contributed by atoms with Crippen LogP contribution in [0.25, 0.3) is 6.08 Å². The van der Waals surface area contributed by atoms with Crippen molar-refractivity contribution in [3.8, 4) is 0 Å². The molecule has 0 N–H and O–H groups in total. The van der Waals surface area contributed by atoms with Crippen LogP contribution in [0, 0.1) is 13.8 Å². The Bertz CT molecular complexity index is 651. The lowest BCUT2D eigenvalue weighted by molar-refractivity contribution is 0.104. The van der Waals surface area contributed by atoms with E-state index in [2.05, 4.69) is 18.1 Å². The van der Waals surface area contributed by atoms with Gasteiger partial charge in [0.2, 0.25) is 0 Å². The van der Waals surface area contributed by atoms with E-state index in [0.29, 0.717) is 5.56 Å². The van der Waals surface area contributed by atoms with Crippen LogP contribution in [-0.4, -0.2) is 15.6 Å². The van der Waals surface area contributed by atoms with Gasteiger partial charge in [0.05, 0.1) is 11.8 Å². The lowest BCUT2D eigenvalue weighted by Crippen LogP contribution is -2.00. The predicted octanol–water partition coefficient (Wildman–Crippen LogP) is 3.98. The van der Waals surface area contributed by atoms with E-state index in [-0.39, 0.29) is 11.8 Å². The molecule has 0 saturated carbocycles. The highest BCUT2D eigenvalue weighted by atomic mass is 16.1. The monoisotopic (exact) mass is 268 g/mol. The number of carbonyl (C=O) groups excluding carboxylic acids is 1. The topological polar surface area (TPSA) is 34.9 Å². The zero-order valence-electron chi connectivity index (χ0n) is 12.4. The maximum Gasteiger partial charge on any atom is 0.189 e. The summed E-state index contributed by atoms with van der Waals surface area (Å²) in [5.41, 5.74) is 4.09. The second kappa shape index (κ2) is 5.87. The van der Waals surface area contributed by atoms with Crippen molar-refractivity contribution < 1.29 is 4.79 Å². The molecule has 104 valence electrons. The molecular formula is C17H20N2O. The van der Waals surface area contributed by atoms with Crippen LogP contribution >= 0.6 is 0 Å². The molecule has 0 saturated heterocycles. The second-order valence-corrected chi connectivity index (χ2v) is 5.36. The number of aryl methyl sites for hydroxylation is 2. The van der Waals surface area contributed by atoms with Crippen LogP contribution in [0.1, 0.15) is 46.9 Å². The third kappa shape index (κ3) is 3.23. The molecule has 3 nitrogen and oxygen atoms in total. The van der Waals surface area contributed by atoms with Crippen molar-refractivity contribution in [1.29, 1.82) is 0 Å². The first-order valence-corrected chi connectivity index (χ1v) is 6.81. The third-order valence-corrected chi connectivity index (χ3v) is 3.25. The Kier molecular flexibility index (Phi) is 4.18. The van der Waals surface area contributed by atoms with E-state index in [4.69, 9.17) is 0 Å². The van der Waals surface area contributed by atoms with Gasteiger partial charge in [-0.2, -0.15) is 5.10 Å². The minimum Gasteiger partial charge on any atom is -0.289 e. The quantitative estimate of drug-likeness (QED) is 0.621. The molecule has 2 rings (SSSR count). The van der Waals surface area contributed by atoms with E-state index in [9.17, 15) is 4.79 Å². The summed E-state index contributed by atoms with van der Waals surface area (Å²) >= 11 is 0. The van der Waals surface area contributed by atoms with E-state index in [1.165, 1.54) is 11.1 Å². The second-order valence-electron chi connectivity index (χ2n) is 5.36. The van der Waals surface area contributed by atoms with Gasteiger partial charge < -0.3 is 0 Å². The Morgan fingerprint density at radius 2 is 2.05 bits per heavy atom. The molecule has 3 heteroatoms. The van der Waals surface area contributed by atoms with Gasteiger partial charge in [0.25, 0.3) is 0 Å². The van der Waals surface area contributed by atoms with Gasteiger partial charge in [-0.15, -0.1) is 0 Å². The summed E-state index contributed by atoms with van der Waals surface area (Å²) in [6.07, 6.45) is 6.89. The number of nitrogens with zero attached hydrogens (tertiary/aromatic N) is 2. The van der Waals surface area contributed by atoms with Crippen molar-refractivity contribution in [3.63, 3.8) is 0 Å². The van der Waals surface area contributed by atoms with Crippen molar-refractivity contribution in [2.24, 2.45) is 0 Å². The van der Waals surface area contributed by atoms with Crippen LogP contribution in [0.15, 0.2) is 36.7 Å². The van der Waals surface area contributed by atoms with E-state index in [0.717, 1.165) is 5.56 Å². The molecular weight excluding hydrogens is 248 g/mol. The first kappa shape index (κ1) is 14.3. The van der Waals surface area contributed by atoms with Crippen molar-refractivity contribution in [2.45, 2.75) is 33.7 Å². The molecule has 0 unspecified atom stereocenters. The van der Waals surface area contributed by atoms with E-state index >= 15 is 0 Å². The molecule has 20 heavy (non-hydrogen) atoms. The summed E-state index contributed by atoms with van der Waals surface area (Å²) in [6.45, 7) is 8.18. The standard InChI is InChI=1S/C17H20N2O/c1-12(2)19-11-16(10-18-19)17(20)8-7-15-6-5-13(3)9-14(15)4/h5-12H,1-4H3/b8-7+. The number of benzene rings is 1. The fourth-order valence-corrected chi connectivity index (χ4v) is 2.02. The van der Waals surface area contributed by atoms with Crippen molar-refractivity contribution in [3.05, 3.63) is 58.9 Å². The van der Waals surface area contributed by atoms with Crippen LogP contribution < -0.4 is 0 Å². The lowest BCUT2D eigenvalue weighted by Gasteiger charge is -2.02. The number of rotatable bonds is 4. The first-order valence-electron chi connectivity index (χ1n) is 6.81. The van der Waals surface area contributed by atoms with E-state index in [1.54, 1.807) is 23.2 Å². The summed E-state index contributed by atoms with van der Waals surface area (Å²) in [6, 6.07) is 6.46. The molecule has 2 aromatic rings. The number of allylic oxidation sites excluding steroid dienone is 1. The normalized spacial score (nSPS) is 11.4. The Morgan fingerprint density at radius 1 is 1.30 bits per heavy atom. The molecule has 0 atom stereocenters. The van der Waals surface area contributed by atoms with Gasteiger partial charge >= 0.3 is 0 Å². The summed E-state index contributed by atoms with van der Waals surface area (Å²) < 4.78 is 1.79. The van der Waals surface area contributed by atoms with Crippen LogP contribution in [0.4, 0.5) is 0 Å².